The summed E-state index contributed by atoms with van der Waals surface area (Å²) in [5.41, 5.74) is 1.78. The molecule has 116 valence electrons. The number of aliphatic hydroxyl groups excluding tert-OH is 1. The zero-order valence-electron chi connectivity index (χ0n) is 12.6. The second-order valence-corrected chi connectivity index (χ2v) is 5.98. The summed E-state index contributed by atoms with van der Waals surface area (Å²) in [6, 6.07) is 3.62. The number of hydrogen-bond donors (Lipinski definition) is 3. The van der Waals surface area contributed by atoms with Crippen LogP contribution in [0.15, 0.2) is 12.1 Å². The van der Waals surface area contributed by atoms with Gasteiger partial charge in [-0.3, -0.25) is 0 Å². The molecule has 5 heteroatoms. The normalized spacial score (nSPS) is 21.8. The molecule has 0 aliphatic carbocycles. The average molecular weight is 293 g/mol. The molecule has 21 heavy (non-hydrogen) atoms. The molecule has 1 aliphatic heterocycles. The molecule has 0 aromatic heterocycles. The molecular formula is C16H23NO4. The van der Waals surface area contributed by atoms with Crippen LogP contribution in [0.4, 0.5) is 4.79 Å². The maximum absolute atomic E-state index is 11.6. The number of aliphatic hydroxyl groups is 1. The molecule has 5 nitrogen and oxygen atoms in total. The van der Waals surface area contributed by atoms with Crippen molar-refractivity contribution >= 4 is 6.09 Å². The first-order valence-electron chi connectivity index (χ1n) is 7.37. The number of phenols is 1. The van der Waals surface area contributed by atoms with E-state index in [0.717, 1.165) is 24.0 Å². The zero-order chi connectivity index (χ0) is 15.6. The van der Waals surface area contributed by atoms with Crippen molar-refractivity contribution in [3.05, 3.63) is 28.8 Å². The minimum atomic E-state index is -0.916. The van der Waals surface area contributed by atoms with Crippen molar-refractivity contribution in [1.29, 1.82) is 0 Å². The maximum Gasteiger partial charge on any atom is 0.407 e. The predicted octanol–water partition coefficient (Wildman–Crippen LogP) is 2.52. The maximum atomic E-state index is 11.6. The average Bonchev–Trinajstić information content (AvgIpc) is 2.56. The van der Waals surface area contributed by atoms with Crippen LogP contribution in [0.3, 0.4) is 0 Å². The topological polar surface area (TPSA) is 81.0 Å². The second-order valence-electron chi connectivity index (χ2n) is 5.98. The monoisotopic (exact) mass is 293 g/mol. The van der Waals surface area contributed by atoms with Crippen LogP contribution < -0.4 is 0 Å². The van der Waals surface area contributed by atoms with Crippen LogP contribution in [0, 0.1) is 0 Å². The van der Waals surface area contributed by atoms with Gasteiger partial charge in [-0.25, -0.2) is 4.79 Å². The second kappa shape index (κ2) is 5.93. The molecule has 1 unspecified atom stereocenters. The molecule has 0 fully saturated rings. The van der Waals surface area contributed by atoms with E-state index in [-0.39, 0.29) is 12.4 Å². The number of carbonyl (C=O) groups is 1. The highest BCUT2D eigenvalue weighted by molar-refractivity contribution is 5.67. The third-order valence-corrected chi connectivity index (χ3v) is 4.46. The largest absolute Gasteiger partial charge is 0.507 e. The molecular weight excluding hydrogens is 270 g/mol. The Morgan fingerprint density at radius 3 is 2.71 bits per heavy atom. The number of aromatic hydroxyl groups is 1. The number of benzene rings is 1. The van der Waals surface area contributed by atoms with Crippen LogP contribution in [0.1, 0.15) is 43.4 Å². The van der Waals surface area contributed by atoms with Crippen LogP contribution in [-0.2, 0) is 19.4 Å². The lowest BCUT2D eigenvalue weighted by molar-refractivity contribution is 0.0815. The highest BCUT2D eigenvalue weighted by Crippen LogP contribution is 2.36. The number of hydrogen-bond acceptors (Lipinski definition) is 3. The Labute approximate surface area is 124 Å². The van der Waals surface area contributed by atoms with E-state index in [0.29, 0.717) is 24.9 Å². The van der Waals surface area contributed by atoms with Crippen molar-refractivity contribution in [3.63, 3.8) is 0 Å². The van der Waals surface area contributed by atoms with E-state index in [2.05, 4.69) is 0 Å². The van der Waals surface area contributed by atoms with Crippen LogP contribution >= 0.6 is 0 Å². The van der Waals surface area contributed by atoms with Gasteiger partial charge >= 0.3 is 6.09 Å². The number of fused-ring (bicyclic) bond motifs is 1. The van der Waals surface area contributed by atoms with E-state index in [1.165, 1.54) is 4.90 Å². The van der Waals surface area contributed by atoms with Gasteiger partial charge in [0, 0.05) is 17.6 Å². The molecule has 0 saturated heterocycles. The Balaban J connectivity index is 2.46. The molecule has 1 aromatic carbocycles. The Morgan fingerprint density at radius 2 is 2.14 bits per heavy atom. The molecule has 2 rings (SSSR count). The van der Waals surface area contributed by atoms with Crippen LogP contribution in [0.5, 0.6) is 5.75 Å². The number of carboxylic acid groups (broad SMARTS) is 1. The molecule has 0 spiro atoms. The Bertz CT molecular complexity index is 543. The number of nitrogens with zero attached hydrogens (tertiary/aromatic N) is 1. The summed E-state index contributed by atoms with van der Waals surface area (Å²) in [7, 11) is 0. The molecule has 1 heterocycles. The predicted molar refractivity (Wildman–Crippen MR) is 79.5 cm³/mol. The van der Waals surface area contributed by atoms with Gasteiger partial charge in [0.2, 0.25) is 0 Å². The van der Waals surface area contributed by atoms with E-state index in [1.807, 2.05) is 19.9 Å². The smallest absolute Gasteiger partial charge is 0.407 e. The fourth-order valence-electron chi connectivity index (χ4n) is 3.39. The van der Waals surface area contributed by atoms with Crippen molar-refractivity contribution in [1.82, 2.24) is 4.90 Å². The summed E-state index contributed by atoms with van der Waals surface area (Å²) in [5, 5.41) is 29.0. The zero-order valence-corrected chi connectivity index (χ0v) is 12.6. The lowest BCUT2D eigenvalue weighted by atomic mass is 9.86. The van der Waals surface area contributed by atoms with Crippen molar-refractivity contribution in [2.45, 2.75) is 51.7 Å². The lowest BCUT2D eigenvalue weighted by Crippen LogP contribution is -2.50. The fraction of sp³-hybridized carbons (Fsp3) is 0.562. The van der Waals surface area contributed by atoms with Gasteiger partial charge in [-0.2, -0.15) is 0 Å². The van der Waals surface area contributed by atoms with Gasteiger partial charge in [0.1, 0.15) is 5.75 Å². The van der Waals surface area contributed by atoms with Gasteiger partial charge in [-0.15, -0.1) is 0 Å². The third kappa shape index (κ3) is 2.83. The first-order valence-corrected chi connectivity index (χ1v) is 7.37. The molecule has 1 atom stereocenters. The summed E-state index contributed by atoms with van der Waals surface area (Å²) in [6.45, 7) is 4.16. The number of rotatable bonds is 3. The minimum absolute atomic E-state index is 0.112. The Kier molecular flexibility index (Phi) is 4.42. The minimum Gasteiger partial charge on any atom is -0.507 e. The highest BCUT2D eigenvalue weighted by atomic mass is 16.4. The molecule has 1 amide bonds. The van der Waals surface area contributed by atoms with Gasteiger partial charge in [-0.1, -0.05) is 25.5 Å². The van der Waals surface area contributed by atoms with Gasteiger partial charge in [-0.05, 0) is 37.3 Å². The number of amides is 1. The SMILES string of the molecule is CCCC1(C)Cc2ccc(CO)c(O)c2CCN1C(=O)O. The standard InChI is InChI=1S/C16H23NO4/c1-3-7-16(2)9-11-4-5-12(10-18)14(19)13(11)6-8-17(16)15(20)21/h4-5,18-19H,3,6-10H2,1-2H3,(H,20,21). The Morgan fingerprint density at radius 1 is 1.43 bits per heavy atom. The van der Waals surface area contributed by atoms with E-state index >= 15 is 0 Å². The molecule has 1 aliphatic rings. The van der Waals surface area contributed by atoms with E-state index in [9.17, 15) is 20.1 Å². The first kappa shape index (κ1) is 15.6. The molecule has 0 saturated carbocycles. The van der Waals surface area contributed by atoms with E-state index in [4.69, 9.17) is 0 Å². The fourth-order valence-corrected chi connectivity index (χ4v) is 3.39. The van der Waals surface area contributed by atoms with Gasteiger partial charge in [0.25, 0.3) is 0 Å². The van der Waals surface area contributed by atoms with Crippen molar-refractivity contribution < 1.29 is 20.1 Å². The molecule has 1 aromatic rings. The molecule has 0 bridgehead atoms. The van der Waals surface area contributed by atoms with Gasteiger partial charge in [0.05, 0.1) is 6.61 Å². The molecule has 0 radical (unpaired) electrons. The third-order valence-electron chi connectivity index (χ3n) is 4.46. The van der Waals surface area contributed by atoms with Gasteiger partial charge in [0.15, 0.2) is 0 Å². The quantitative estimate of drug-likeness (QED) is 0.800. The Hall–Kier alpha value is -1.75. The summed E-state index contributed by atoms with van der Waals surface area (Å²) >= 11 is 0. The summed E-state index contributed by atoms with van der Waals surface area (Å²) in [6.07, 6.45) is 1.82. The van der Waals surface area contributed by atoms with E-state index < -0.39 is 11.6 Å². The lowest BCUT2D eigenvalue weighted by Gasteiger charge is -2.38. The molecule has 3 N–H and O–H groups in total. The summed E-state index contributed by atoms with van der Waals surface area (Å²) in [4.78, 5) is 13.1. The first-order chi connectivity index (χ1) is 9.92. The summed E-state index contributed by atoms with van der Waals surface area (Å²) < 4.78 is 0. The van der Waals surface area contributed by atoms with Gasteiger partial charge < -0.3 is 20.2 Å². The summed E-state index contributed by atoms with van der Waals surface area (Å²) in [5.74, 6) is 0.112. The van der Waals surface area contributed by atoms with Crippen LogP contribution in [0.2, 0.25) is 0 Å². The highest BCUT2D eigenvalue weighted by Gasteiger charge is 2.38. The van der Waals surface area contributed by atoms with Crippen LogP contribution in [0.25, 0.3) is 0 Å². The van der Waals surface area contributed by atoms with Crippen LogP contribution in [-0.4, -0.2) is 38.4 Å². The van der Waals surface area contributed by atoms with Crippen molar-refractivity contribution in [2.24, 2.45) is 0 Å². The van der Waals surface area contributed by atoms with E-state index in [1.54, 1.807) is 6.07 Å². The van der Waals surface area contributed by atoms with Crippen molar-refractivity contribution in [2.75, 3.05) is 6.54 Å². The van der Waals surface area contributed by atoms with Crippen molar-refractivity contribution in [3.8, 4) is 5.75 Å².